The van der Waals surface area contributed by atoms with Crippen LogP contribution in [-0.2, 0) is 14.3 Å². The highest BCUT2D eigenvalue weighted by molar-refractivity contribution is 9.10. The Kier molecular flexibility index (Phi) is 5.18. The maximum atomic E-state index is 12.4. The lowest BCUT2D eigenvalue weighted by atomic mass is 10.2. The Labute approximate surface area is 140 Å². The maximum Gasteiger partial charge on any atom is 0.328 e. The third-order valence-electron chi connectivity index (χ3n) is 2.90. The zero-order chi connectivity index (χ0) is 15.6. The van der Waals surface area contributed by atoms with E-state index in [0.29, 0.717) is 9.23 Å². The van der Waals surface area contributed by atoms with Crippen molar-refractivity contribution in [3.63, 3.8) is 0 Å². The van der Waals surface area contributed by atoms with Crippen molar-refractivity contribution in [2.75, 3.05) is 7.11 Å². The molecule has 1 amide bonds. The molecule has 1 aromatic rings. The van der Waals surface area contributed by atoms with Crippen molar-refractivity contribution in [3.8, 4) is 0 Å². The van der Waals surface area contributed by atoms with Crippen LogP contribution in [0.3, 0.4) is 0 Å². The Morgan fingerprint density at radius 3 is 2.86 bits per heavy atom. The molecule has 4 nitrogen and oxygen atoms in total. The molecule has 0 aromatic heterocycles. The zero-order valence-electron chi connectivity index (χ0n) is 11.3. The predicted molar refractivity (Wildman–Crippen MR) is 90.6 cm³/mol. The average molecular weight is 386 g/mol. The highest BCUT2D eigenvalue weighted by atomic mass is 79.9. The molecule has 0 unspecified atom stereocenters. The van der Waals surface area contributed by atoms with Gasteiger partial charge in [0, 0.05) is 4.47 Å². The molecular weight excluding hydrogens is 374 g/mol. The third kappa shape index (κ3) is 3.53. The first-order valence-corrected chi connectivity index (χ1v) is 8.06. The molecule has 1 heterocycles. The monoisotopic (exact) mass is 385 g/mol. The Hall–Kier alpha value is -1.18. The van der Waals surface area contributed by atoms with Crippen LogP contribution in [0.25, 0.3) is 6.08 Å². The lowest BCUT2D eigenvalue weighted by Crippen LogP contribution is -2.42. The van der Waals surface area contributed by atoms with E-state index in [0.717, 1.165) is 10.0 Å². The third-order valence-corrected chi connectivity index (χ3v) is 4.72. The fourth-order valence-corrected chi connectivity index (χ4v) is 3.67. The Morgan fingerprint density at radius 2 is 2.24 bits per heavy atom. The van der Waals surface area contributed by atoms with E-state index < -0.39 is 12.0 Å². The van der Waals surface area contributed by atoms with Crippen LogP contribution in [0.2, 0.25) is 0 Å². The molecule has 7 heteroatoms. The van der Waals surface area contributed by atoms with Crippen molar-refractivity contribution in [3.05, 3.63) is 39.2 Å². The molecule has 0 spiro atoms. The summed E-state index contributed by atoms with van der Waals surface area (Å²) >= 11 is 9.76. The lowest BCUT2D eigenvalue weighted by molar-refractivity contribution is -0.147. The van der Waals surface area contributed by atoms with Crippen molar-refractivity contribution < 1.29 is 14.3 Å². The largest absolute Gasteiger partial charge is 0.467 e. The highest BCUT2D eigenvalue weighted by Crippen LogP contribution is 2.34. The molecule has 1 aliphatic heterocycles. The standard InChI is InChI=1S/C14H12BrNO3S2/c1-8(13(18)19-2)16-12(17)11(21-14(16)20)7-9-4-3-5-10(15)6-9/h3-8H,1-2H3/b11-7-/t8-/m0/s1. The predicted octanol–water partition coefficient (Wildman–Crippen LogP) is 3.21. The fourth-order valence-electron chi connectivity index (χ4n) is 1.84. The maximum absolute atomic E-state index is 12.4. The number of carbonyl (C=O) groups excluding carboxylic acids is 2. The molecule has 0 N–H and O–H groups in total. The van der Waals surface area contributed by atoms with E-state index in [1.54, 1.807) is 13.0 Å². The number of carbonyl (C=O) groups is 2. The summed E-state index contributed by atoms with van der Waals surface area (Å²) in [6.45, 7) is 1.60. The minimum atomic E-state index is -0.726. The first-order valence-electron chi connectivity index (χ1n) is 6.04. The van der Waals surface area contributed by atoms with Gasteiger partial charge in [-0.3, -0.25) is 9.69 Å². The summed E-state index contributed by atoms with van der Waals surface area (Å²) in [5.41, 5.74) is 0.885. The molecule has 1 fully saturated rings. The van der Waals surface area contributed by atoms with Gasteiger partial charge in [-0.05, 0) is 30.7 Å². The number of hydrogen-bond acceptors (Lipinski definition) is 5. The minimum Gasteiger partial charge on any atom is -0.467 e. The summed E-state index contributed by atoms with van der Waals surface area (Å²) < 4.78 is 5.95. The number of thioether (sulfide) groups is 1. The van der Waals surface area contributed by atoms with Crippen LogP contribution in [0.5, 0.6) is 0 Å². The first-order chi connectivity index (χ1) is 9.93. The van der Waals surface area contributed by atoms with Gasteiger partial charge in [0.1, 0.15) is 10.4 Å². The number of nitrogens with zero attached hydrogens (tertiary/aromatic N) is 1. The summed E-state index contributed by atoms with van der Waals surface area (Å²) in [4.78, 5) is 25.8. The molecule has 1 saturated heterocycles. The molecule has 0 aliphatic carbocycles. The average Bonchev–Trinajstić information content (AvgIpc) is 2.72. The van der Waals surface area contributed by atoms with Crippen molar-refractivity contribution in [2.24, 2.45) is 0 Å². The Balaban J connectivity index is 2.28. The van der Waals surface area contributed by atoms with E-state index in [9.17, 15) is 9.59 Å². The minimum absolute atomic E-state index is 0.275. The van der Waals surface area contributed by atoms with E-state index in [1.807, 2.05) is 24.3 Å². The second-order valence-corrected chi connectivity index (χ2v) is 6.90. The molecule has 1 atom stereocenters. The molecule has 110 valence electrons. The molecule has 1 aliphatic rings. The highest BCUT2D eigenvalue weighted by Gasteiger charge is 2.38. The van der Waals surface area contributed by atoms with Gasteiger partial charge in [-0.25, -0.2) is 4.79 Å². The molecule has 21 heavy (non-hydrogen) atoms. The number of thiocarbonyl (C=S) groups is 1. The van der Waals surface area contributed by atoms with Gasteiger partial charge < -0.3 is 4.74 Å². The fraction of sp³-hybridized carbons (Fsp3) is 0.214. The summed E-state index contributed by atoms with van der Waals surface area (Å²) in [5.74, 6) is -0.766. The van der Waals surface area contributed by atoms with Gasteiger partial charge in [0.05, 0.1) is 12.0 Å². The lowest BCUT2D eigenvalue weighted by Gasteiger charge is -2.20. The van der Waals surface area contributed by atoms with Crippen molar-refractivity contribution in [1.82, 2.24) is 4.90 Å². The number of esters is 1. The van der Waals surface area contributed by atoms with E-state index >= 15 is 0 Å². The normalized spacial score (nSPS) is 18.2. The summed E-state index contributed by atoms with van der Waals surface area (Å²) in [5, 5.41) is 0. The van der Waals surface area contributed by atoms with Crippen LogP contribution in [0.15, 0.2) is 33.6 Å². The summed E-state index contributed by atoms with van der Waals surface area (Å²) in [6, 6.07) is 6.85. The van der Waals surface area contributed by atoms with Gasteiger partial charge in [0.25, 0.3) is 5.91 Å². The van der Waals surface area contributed by atoms with E-state index in [-0.39, 0.29) is 5.91 Å². The van der Waals surface area contributed by atoms with Gasteiger partial charge >= 0.3 is 5.97 Å². The topological polar surface area (TPSA) is 46.6 Å². The smallest absolute Gasteiger partial charge is 0.328 e. The second-order valence-electron chi connectivity index (χ2n) is 4.31. The number of ether oxygens (including phenoxy) is 1. The summed E-state index contributed by atoms with van der Waals surface area (Å²) in [7, 11) is 1.29. The van der Waals surface area contributed by atoms with Crippen LogP contribution < -0.4 is 0 Å². The van der Waals surface area contributed by atoms with Crippen molar-refractivity contribution >= 4 is 62.2 Å². The molecule has 2 rings (SSSR count). The molecule has 1 aromatic carbocycles. The number of halogens is 1. The van der Waals surface area contributed by atoms with E-state index in [2.05, 4.69) is 20.7 Å². The molecule has 0 saturated carbocycles. The second kappa shape index (κ2) is 6.72. The first kappa shape index (κ1) is 16.2. The van der Waals surface area contributed by atoms with Gasteiger partial charge in [-0.2, -0.15) is 0 Å². The van der Waals surface area contributed by atoms with Gasteiger partial charge in [0.15, 0.2) is 0 Å². The van der Waals surface area contributed by atoms with Crippen molar-refractivity contribution in [1.29, 1.82) is 0 Å². The van der Waals surface area contributed by atoms with E-state index in [1.165, 1.54) is 23.8 Å². The van der Waals surface area contributed by atoms with E-state index in [4.69, 9.17) is 12.2 Å². The zero-order valence-corrected chi connectivity index (χ0v) is 14.5. The number of methoxy groups -OCH3 is 1. The van der Waals surface area contributed by atoms with Crippen LogP contribution in [0, 0.1) is 0 Å². The number of rotatable bonds is 3. The van der Waals surface area contributed by atoms with Crippen LogP contribution in [0.1, 0.15) is 12.5 Å². The Bertz CT molecular complexity index is 645. The van der Waals surface area contributed by atoms with Crippen LogP contribution in [0.4, 0.5) is 0 Å². The summed E-state index contributed by atoms with van der Waals surface area (Å²) in [6.07, 6.45) is 1.76. The van der Waals surface area contributed by atoms with Crippen LogP contribution >= 0.6 is 39.9 Å². The molecule has 0 radical (unpaired) electrons. The Morgan fingerprint density at radius 1 is 1.52 bits per heavy atom. The molecule has 0 bridgehead atoms. The van der Waals surface area contributed by atoms with Gasteiger partial charge in [0.2, 0.25) is 0 Å². The van der Waals surface area contributed by atoms with Gasteiger partial charge in [-0.15, -0.1) is 0 Å². The van der Waals surface area contributed by atoms with Crippen LogP contribution in [-0.4, -0.2) is 34.2 Å². The van der Waals surface area contributed by atoms with Crippen molar-refractivity contribution in [2.45, 2.75) is 13.0 Å². The number of hydrogen-bond donors (Lipinski definition) is 0. The SMILES string of the molecule is COC(=O)[C@H](C)N1C(=O)/C(=C/c2cccc(Br)c2)SC1=S. The molecular formula is C14H12BrNO3S2. The number of amides is 1. The number of benzene rings is 1. The quantitative estimate of drug-likeness (QED) is 0.454. The van der Waals surface area contributed by atoms with Gasteiger partial charge in [-0.1, -0.05) is 52.0 Å².